The fraction of sp³-hybridized carbons (Fsp3) is 0.227. The second-order valence-electron chi connectivity index (χ2n) is 6.56. The summed E-state index contributed by atoms with van der Waals surface area (Å²) in [6.45, 7) is 3.23. The molecule has 0 aliphatic rings. The third-order valence-corrected chi connectivity index (χ3v) is 4.54. The zero-order valence-electron chi connectivity index (χ0n) is 17.2. The minimum Gasteiger partial charge on any atom is -0.465 e. The van der Waals surface area contributed by atoms with E-state index in [-0.39, 0.29) is 35.4 Å². The molecule has 3 rings (SSSR count). The van der Waals surface area contributed by atoms with Crippen LogP contribution in [0.3, 0.4) is 0 Å². The van der Waals surface area contributed by atoms with Crippen LogP contribution >= 0.6 is 0 Å². The van der Waals surface area contributed by atoms with E-state index in [0.29, 0.717) is 16.6 Å². The van der Waals surface area contributed by atoms with Crippen LogP contribution in [0.4, 0.5) is 5.69 Å². The second-order valence-corrected chi connectivity index (χ2v) is 6.56. The van der Waals surface area contributed by atoms with Crippen LogP contribution in [-0.2, 0) is 20.9 Å². The number of benzene rings is 1. The first-order valence-corrected chi connectivity index (χ1v) is 9.42. The van der Waals surface area contributed by atoms with Gasteiger partial charge >= 0.3 is 17.6 Å². The zero-order valence-corrected chi connectivity index (χ0v) is 17.2. The Morgan fingerprint density at radius 3 is 2.61 bits per heavy atom. The molecule has 0 saturated carbocycles. The number of carbonyl (C=O) groups is 3. The quantitative estimate of drug-likeness (QED) is 0.599. The lowest BCUT2D eigenvalue weighted by atomic mass is 10.1. The second kappa shape index (κ2) is 9.21. The van der Waals surface area contributed by atoms with E-state index in [2.05, 4.69) is 10.3 Å². The Morgan fingerprint density at radius 2 is 1.90 bits per heavy atom. The number of hydrogen-bond donors (Lipinski definition) is 1. The molecular formula is C22H20N2O7. The van der Waals surface area contributed by atoms with Gasteiger partial charge in [0.25, 0.3) is 5.91 Å². The van der Waals surface area contributed by atoms with Crippen molar-refractivity contribution in [2.24, 2.45) is 0 Å². The predicted molar refractivity (Wildman–Crippen MR) is 111 cm³/mol. The van der Waals surface area contributed by atoms with E-state index in [9.17, 15) is 19.2 Å². The number of para-hydroxylation sites is 1. The highest BCUT2D eigenvalue weighted by molar-refractivity contribution is 6.08. The lowest BCUT2D eigenvalue weighted by Gasteiger charge is -2.11. The van der Waals surface area contributed by atoms with Gasteiger partial charge in [0.15, 0.2) is 5.58 Å². The number of rotatable bonds is 6. The fourth-order valence-electron chi connectivity index (χ4n) is 2.88. The molecule has 0 bridgehead atoms. The lowest BCUT2D eigenvalue weighted by molar-refractivity contribution is -0.144. The molecule has 0 aliphatic heterocycles. The highest BCUT2D eigenvalue weighted by Crippen LogP contribution is 2.23. The highest BCUT2D eigenvalue weighted by Gasteiger charge is 2.20. The average molecular weight is 424 g/mol. The minimum atomic E-state index is -0.867. The van der Waals surface area contributed by atoms with Gasteiger partial charge in [-0.05, 0) is 25.1 Å². The van der Waals surface area contributed by atoms with Gasteiger partial charge in [-0.3, -0.25) is 14.6 Å². The summed E-state index contributed by atoms with van der Waals surface area (Å²) in [4.78, 5) is 52.9. The van der Waals surface area contributed by atoms with Crippen LogP contribution < -0.4 is 10.9 Å². The molecule has 0 radical (unpaired) electrons. The summed E-state index contributed by atoms with van der Waals surface area (Å²) in [6, 6.07) is 7.60. The number of ether oxygens (including phenoxy) is 2. The number of esters is 2. The molecule has 2 aromatic heterocycles. The van der Waals surface area contributed by atoms with Gasteiger partial charge in [-0.25, -0.2) is 9.59 Å². The molecule has 160 valence electrons. The number of anilines is 1. The van der Waals surface area contributed by atoms with Crippen molar-refractivity contribution in [1.29, 1.82) is 0 Å². The van der Waals surface area contributed by atoms with E-state index in [0.717, 1.165) is 0 Å². The van der Waals surface area contributed by atoms with Crippen molar-refractivity contribution in [3.63, 3.8) is 0 Å². The largest absolute Gasteiger partial charge is 0.465 e. The molecule has 0 fully saturated rings. The Hall–Kier alpha value is -4.01. The molecule has 3 aromatic rings. The third-order valence-electron chi connectivity index (χ3n) is 4.54. The normalized spacial score (nSPS) is 10.5. The number of nitrogens with one attached hydrogen (secondary N) is 1. The van der Waals surface area contributed by atoms with Gasteiger partial charge in [-0.2, -0.15) is 0 Å². The van der Waals surface area contributed by atoms with Gasteiger partial charge in [-0.1, -0.05) is 19.1 Å². The van der Waals surface area contributed by atoms with Crippen molar-refractivity contribution in [2.45, 2.75) is 26.9 Å². The van der Waals surface area contributed by atoms with Gasteiger partial charge < -0.3 is 19.2 Å². The summed E-state index contributed by atoms with van der Waals surface area (Å²) in [5, 5.41) is 2.96. The maximum Gasteiger partial charge on any atom is 0.349 e. The van der Waals surface area contributed by atoms with E-state index in [1.807, 2.05) is 0 Å². The molecule has 31 heavy (non-hydrogen) atoms. The number of amides is 1. The topological polar surface area (TPSA) is 125 Å². The SMILES string of the molecule is CCC(=O)OCc1cnc(C)c2oc(=O)c(C(=O)Nc3ccccc3C(=O)OC)cc12. The molecule has 1 aromatic carbocycles. The number of fused-ring (bicyclic) bond motifs is 1. The van der Waals surface area contributed by atoms with E-state index < -0.39 is 23.5 Å². The molecule has 0 atom stereocenters. The Labute approximate surface area is 177 Å². The monoisotopic (exact) mass is 424 g/mol. The Bertz CT molecular complexity index is 1230. The van der Waals surface area contributed by atoms with Crippen LogP contribution in [-0.4, -0.2) is 29.9 Å². The van der Waals surface area contributed by atoms with Gasteiger partial charge in [0.1, 0.15) is 12.2 Å². The zero-order chi connectivity index (χ0) is 22.5. The van der Waals surface area contributed by atoms with E-state index >= 15 is 0 Å². The predicted octanol–water partition coefficient (Wildman–Crippen LogP) is 2.99. The van der Waals surface area contributed by atoms with Crippen molar-refractivity contribution < 1.29 is 28.3 Å². The highest BCUT2D eigenvalue weighted by atomic mass is 16.5. The molecule has 0 saturated heterocycles. The van der Waals surface area contributed by atoms with E-state index in [1.54, 1.807) is 26.0 Å². The standard InChI is InChI=1S/C22H20N2O7/c1-4-18(25)30-11-13-10-23-12(2)19-15(13)9-16(22(28)31-19)20(26)24-17-8-6-5-7-14(17)21(27)29-3/h5-10H,4,11H2,1-3H3,(H,24,26). The summed E-state index contributed by atoms with van der Waals surface area (Å²) in [5.41, 5.74) is 0.295. The van der Waals surface area contributed by atoms with Crippen LogP contribution in [0.2, 0.25) is 0 Å². The molecular weight excluding hydrogens is 404 g/mol. The number of carbonyl (C=O) groups excluding carboxylic acids is 3. The summed E-state index contributed by atoms with van der Waals surface area (Å²) in [7, 11) is 1.22. The average Bonchev–Trinajstić information content (AvgIpc) is 2.78. The van der Waals surface area contributed by atoms with Crippen LogP contribution in [0, 0.1) is 6.92 Å². The summed E-state index contributed by atoms with van der Waals surface area (Å²) >= 11 is 0. The van der Waals surface area contributed by atoms with Crippen molar-refractivity contribution in [3.05, 3.63) is 69.3 Å². The number of aromatic nitrogens is 1. The Balaban J connectivity index is 2.02. The molecule has 1 N–H and O–H groups in total. The number of aryl methyl sites for hydroxylation is 1. The molecule has 9 heteroatoms. The van der Waals surface area contributed by atoms with Crippen LogP contribution in [0.25, 0.3) is 11.0 Å². The first-order chi connectivity index (χ1) is 14.8. The van der Waals surface area contributed by atoms with Gasteiger partial charge in [-0.15, -0.1) is 0 Å². The molecule has 0 unspecified atom stereocenters. The van der Waals surface area contributed by atoms with Gasteiger partial charge in [0.2, 0.25) is 0 Å². The van der Waals surface area contributed by atoms with Gasteiger partial charge in [0, 0.05) is 23.6 Å². The molecule has 0 aliphatic carbocycles. The van der Waals surface area contributed by atoms with Crippen molar-refractivity contribution in [2.75, 3.05) is 12.4 Å². The van der Waals surface area contributed by atoms with Crippen molar-refractivity contribution in [1.82, 2.24) is 4.98 Å². The Kier molecular flexibility index (Phi) is 6.44. The number of nitrogens with zero attached hydrogens (tertiary/aromatic N) is 1. The third kappa shape index (κ3) is 4.61. The van der Waals surface area contributed by atoms with Crippen molar-refractivity contribution >= 4 is 34.5 Å². The summed E-state index contributed by atoms with van der Waals surface area (Å²) in [5.74, 6) is -1.80. The summed E-state index contributed by atoms with van der Waals surface area (Å²) in [6.07, 6.45) is 1.70. The van der Waals surface area contributed by atoms with Crippen LogP contribution in [0.15, 0.2) is 45.7 Å². The van der Waals surface area contributed by atoms with Crippen LogP contribution in [0.1, 0.15) is 45.3 Å². The first kappa shape index (κ1) is 21.7. The summed E-state index contributed by atoms with van der Waals surface area (Å²) < 4.78 is 15.2. The molecule has 1 amide bonds. The number of methoxy groups -OCH3 is 1. The molecule has 9 nitrogen and oxygen atoms in total. The number of pyridine rings is 1. The Morgan fingerprint density at radius 1 is 1.16 bits per heavy atom. The van der Waals surface area contributed by atoms with Gasteiger partial charge in [0.05, 0.1) is 24.1 Å². The maximum absolute atomic E-state index is 12.8. The smallest absolute Gasteiger partial charge is 0.349 e. The lowest BCUT2D eigenvalue weighted by Crippen LogP contribution is -2.22. The number of hydrogen-bond acceptors (Lipinski definition) is 8. The maximum atomic E-state index is 12.8. The van der Waals surface area contributed by atoms with E-state index in [4.69, 9.17) is 13.9 Å². The molecule has 2 heterocycles. The first-order valence-electron chi connectivity index (χ1n) is 9.42. The van der Waals surface area contributed by atoms with E-state index in [1.165, 1.54) is 31.5 Å². The fourth-order valence-corrected chi connectivity index (χ4v) is 2.88. The molecule has 0 spiro atoms. The minimum absolute atomic E-state index is 0.0869. The van der Waals surface area contributed by atoms with Crippen LogP contribution in [0.5, 0.6) is 0 Å². The van der Waals surface area contributed by atoms with Crippen molar-refractivity contribution in [3.8, 4) is 0 Å².